The molecule has 0 aromatic heterocycles. The summed E-state index contributed by atoms with van der Waals surface area (Å²) in [7, 11) is 0. The Bertz CT molecular complexity index is 681. The SMILES string of the molecule is O=C(O)C[C@@H]1CCc2cc(Oc3cccc(I)c3)ccc21. The van der Waals surface area contributed by atoms with Crippen LogP contribution in [0.2, 0.25) is 0 Å². The lowest BCUT2D eigenvalue weighted by atomic mass is 9.98. The Morgan fingerprint density at radius 2 is 2.05 bits per heavy atom. The predicted octanol–water partition coefficient (Wildman–Crippen LogP) is 4.59. The summed E-state index contributed by atoms with van der Waals surface area (Å²) in [6.07, 6.45) is 2.05. The maximum absolute atomic E-state index is 10.9. The van der Waals surface area contributed by atoms with Crippen molar-refractivity contribution in [1.29, 1.82) is 0 Å². The van der Waals surface area contributed by atoms with Gasteiger partial charge in [-0.25, -0.2) is 0 Å². The summed E-state index contributed by atoms with van der Waals surface area (Å²) < 4.78 is 7.01. The van der Waals surface area contributed by atoms with Gasteiger partial charge in [0.15, 0.2) is 0 Å². The molecule has 0 unspecified atom stereocenters. The monoisotopic (exact) mass is 394 g/mol. The molecule has 4 heteroatoms. The molecule has 1 aliphatic rings. The van der Waals surface area contributed by atoms with Crippen molar-refractivity contribution in [2.75, 3.05) is 0 Å². The average molecular weight is 394 g/mol. The van der Waals surface area contributed by atoms with Crippen molar-refractivity contribution in [3.63, 3.8) is 0 Å². The smallest absolute Gasteiger partial charge is 0.303 e. The van der Waals surface area contributed by atoms with E-state index in [0.717, 1.165) is 33.5 Å². The molecule has 0 saturated heterocycles. The highest BCUT2D eigenvalue weighted by Gasteiger charge is 2.24. The van der Waals surface area contributed by atoms with Gasteiger partial charge < -0.3 is 9.84 Å². The summed E-state index contributed by atoms with van der Waals surface area (Å²) >= 11 is 2.26. The summed E-state index contributed by atoms with van der Waals surface area (Å²) in [5.74, 6) is 1.05. The first-order chi connectivity index (χ1) is 10.1. The third-order valence-electron chi connectivity index (χ3n) is 3.77. The van der Waals surface area contributed by atoms with Crippen LogP contribution in [0, 0.1) is 3.57 Å². The molecule has 0 bridgehead atoms. The lowest BCUT2D eigenvalue weighted by Gasteiger charge is -2.11. The molecule has 0 amide bonds. The molecule has 0 aliphatic heterocycles. The maximum Gasteiger partial charge on any atom is 0.303 e. The van der Waals surface area contributed by atoms with Crippen molar-refractivity contribution in [1.82, 2.24) is 0 Å². The van der Waals surface area contributed by atoms with E-state index in [-0.39, 0.29) is 12.3 Å². The van der Waals surface area contributed by atoms with E-state index in [1.807, 2.05) is 42.5 Å². The van der Waals surface area contributed by atoms with Crippen molar-refractivity contribution >= 4 is 28.6 Å². The topological polar surface area (TPSA) is 46.5 Å². The fourth-order valence-corrected chi connectivity index (χ4v) is 3.35. The number of halogens is 1. The molecule has 2 aromatic carbocycles. The van der Waals surface area contributed by atoms with E-state index in [4.69, 9.17) is 9.84 Å². The van der Waals surface area contributed by atoms with E-state index in [2.05, 4.69) is 22.6 Å². The van der Waals surface area contributed by atoms with Gasteiger partial charge in [0.2, 0.25) is 0 Å². The van der Waals surface area contributed by atoms with E-state index in [1.54, 1.807) is 0 Å². The van der Waals surface area contributed by atoms with Crippen molar-refractivity contribution in [2.45, 2.75) is 25.2 Å². The molecule has 0 saturated carbocycles. The van der Waals surface area contributed by atoms with Crippen LogP contribution in [0.5, 0.6) is 11.5 Å². The molecule has 3 rings (SSSR count). The van der Waals surface area contributed by atoms with E-state index in [0.29, 0.717) is 0 Å². The molecule has 2 aromatic rings. The zero-order valence-corrected chi connectivity index (χ0v) is 13.5. The first kappa shape index (κ1) is 14.4. The Kier molecular flexibility index (Phi) is 4.14. The van der Waals surface area contributed by atoms with Crippen LogP contribution in [-0.2, 0) is 11.2 Å². The number of rotatable bonds is 4. The number of ether oxygens (including phenoxy) is 1. The summed E-state index contributed by atoms with van der Waals surface area (Å²) in [5, 5.41) is 8.95. The molecule has 0 spiro atoms. The van der Waals surface area contributed by atoms with Gasteiger partial charge in [-0.15, -0.1) is 0 Å². The molecule has 108 valence electrons. The minimum atomic E-state index is -0.730. The molecule has 1 N–H and O–H groups in total. The molecule has 0 heterocycles. The second-order valence-corrected chi connectivity index (χ2v) is 6.50. The largest absolute Gasteiger partial charge is 0.481 e. The zero-order valence-electron chi connectivity index (χ0n) is 11.4. The number of aliphatic carboxylic acids is 1. The lowest BCUT2D eigenvalue weighted by molar-refractivity contribution is -0.137. The number of carboxylic acid groups (broad SMARTS) is 1. The minimum absolute atomic E-state index is 0.143. The van der Waals surface area contributed by atoms with Gasteiger partial charge in [0.05, 0.1) is 6.42 Å². The number of fused-ring (bicyclic) bond motifs is 1. The zero-order chi connectivity index (χ0) is 14.8. The average Bonchev–Trinajstić information content (AvgIpc) is 2.81. The van der Waals surface area contributed by atoms with E-state index >= 15 is 0 Å². The van der Waals surface area contributed by atoms with E-state index in [9.17, 15) is 4.79 Å². The van der Waals surface area contributed by atoms with Crippen LogP contribution >= 0.6 is 22.6 Å². The number of carbonyl (C=O) groups is 1. The summed E-state index contributed by atoms with van der Waals surface area (Å²) in [4.78, 5) is 10.9. The Labute approximate surface area is 137 Å². The van der Waals surface area contributed by atoms with Crippen LogP contribution in [0.15, 0.2) is 42.5 Å². The van der Waals surface area contributed by atoms with E-state index in [1.165, 1.54) is 5.56 Å². The number of hydrogen-bond acceptors (Lipinski definition) is 2. The Balaban J connectivity index is 1.79. The van der Waals surface area contributed by atoms with Gasteiger partial charge in [-0.05, 0) is 82.8 Å². The van der Waals surface area contributed by atoms with Crippen molar-refractivity contribution < 1.29 is 14.6 Å². The van der Waals surface area contributed by atoms with Gasteiger partial charge in [0.25, 0.3) is 0 Å². The lowest BCUT2D eigenvalue weighted by Crippen LogP contribution is -2.02. The van der Waals surface area contributed by atoms with Gasteiger partial charge in [-0.3, -0.25) is 4.79 Å². The van der Waals surface area contributed by atoms with Crippen molar-refractivity contribution in [2.24, 2.45) is 0 Å². The van der Waals surface area contributed by atoms with Gasteiger partial charge in [-0.2, -0.15) is 0 Å². The van der Waals surface area contributed by atoms with Gasteiger partial charge >= 0.3 is 5.97 Å². The normalized spacial score (nSPS) is 16.5. The van der Waals surface area contributed by atoms with Crippen LogP contribution in [-0.4, -0.2) is 11.1 Å². The third kappa shape index (κ3) is 3.37. The second kappa shape index (κ2) is 6.05. The quantitative estimate of drug-likeness (QED) is 0.772. The maximum atomic E-state index is 10.9. The molecule has 21 heavy (non-hydrogen) atoms. The number of carboxylic acids is 1. The van der Waals surface area contributed by atoms with Crippen LogP contribution in [0.1, 0.15) is 29.9 Å². The van der Waals surface area contributed by atoms with Gasteiger partial charge in [0, 0.05) is 3.57 Å². The molecule has 3 nitrogen and oxygen atoms in total. The van der Waals surface area contributed by atoms with Crippen LogP contribution < -0.4 is 4.74 Å². The van der Waals surface area contributed by atoms with Gasteiger partial charge in [-0.1, -0.05) is 12.1 Å². The minimum Gasteiger partial charge on any atom is -0.481 e. The third-order valence-corrected chi connectivity index (χ3v) is 4.44. The van der Waals surface area contributed by atoms with E-state index < -0.39 is 5.97 Å². The number of hydrogen-bond donors (Lipinski definition) is 1. The molecule has 1 aliphatic carbocycles. The first-order valence-corrected chi connectivity index (χ1v) is 7.98. The summed E-state index contributed by atoms with van der Waals surface area (Å²) in [5.41, 5.74) is 2.37. The molecular formula is C17H15IO3. The summed E-state index contributed by atoms with van der Waals surface area (Å²) in [6, 6.07) is 13.9. The highest BCUT2D eigenvalue weighted by atomic mass is 127. The van der Waals surface area contributed by atoms with Gasteiger partial charge in [0.1, 0.15) is 11.5 Å². The highest BCUT2D eigenvalue weighted by molar-refractivity contribution is 14.1. The fraction of sp³-hybridized carbons (Fsp3) is 0.235. The van der Waals surface area contributed by atoms with Crippen LogP contribution in [0.3, 0.4) is 0 Å². The Morgan fingerprint density at radius 1 is 1.24 bits per heavy atom. The molecule has 0 fully saturated rings. The standard InChI is InChI=1S/C17H15IO3/c18-13-2-1-3-14(10-13)21-15-6-7-16-11(8-15)4-5-12(16)9-17(19)20/h1-3,6-8,10,12H,4-5,9H2,(H,19,20)/t12-/m0/s1. The second-order valence-electron chi connectivity index (χ2n) is 5.25. The highest BCUT2D eigenvalue weighted by Crippen LogP contribution is 2.38. The number of benzene rings is 2. The molecule has 0 radical (unpaired) electrons. The van der Waals surface area contributed by atoms with Crippen molar-refractivity contribution in [3.8, 4) is 11.5 Å². The summed E-state index contributed by atoms with van der Waals surface area (Å²) in [6.45, 7) is 0. The molecular weight excluding hydrogens is 379 g/mol. The Hall–Kier alpha value is -1.56. The van der Waals surface area contributed by atoms with Crippen LogP contribution in [0.25, 0.3) is 0 Å². The molecule has 1 atom stereocenters. The van der Waals surface area contributed by atoms with Crippen molar-refractivity contribution in [3.05, 3.63) is 57.2 Å². The Morgan fingerprint density at radius 3 is 2.81 bits per heavy atom. The fourth-order valence-electron chi connectivity index (χ4n) is 2.83. The first-order valence-electron chi connectivity index (χ1n) is 6.90. The van der Waals surface area contributed by atoms with Crippen LogP contribution in [0.4, 0.5) is 0 Å². The predicted molar refractivity (Wildman–Crippen MR) is 89.0 cm³/mol. The number of aryl methyl sites for hydroxylation is 1.